The van der Waals surface area contributed by atoms with E-state index in [-0.39, 0.29) is 13.0 Å². The standard InChI is InChI=1S/C15H20N2O6S/c1-11(18)4-5-12-6-8-17(13(19)10-12)9-7-15(2,14(20)16-21)24(3,22)23/h6,8,10-11,18,21H,7,9H2,1-3H3,(H,16,20). The molecule has 0 bridgehead atoms. The molecule has 2 unspecified atom stereocenters. The minimum atomic E-state index is -3.82. The summed E-state index contributed by atoms with van der Waals surface area (Å²) in [5, 5.41) is 17.8. The number of hydrogen-bond donors (Lipinski definition) is 3. The molecule has 0 saturated heterocycles. The van der Waals surface area contributed by atoms with Crippen LogP contribution >= 0.6 is 0 Å². The maximum Gasteiger partial charge on any atom is 0.264 e. The van der Waals surface area contributed by atoms with Crippen LogP contribution in [0.4, 0.5) is 0 Å². The molecule has 9 heteroatoms. The number of aryl methyl sites for hydroxylation is 1. The fourth-order valence-electron chi connectivity index (χ4n) is 1.88. The number of sulfone groups is 1. The van der Waals surface area contributed by atoms with E-state index in [2.05, 4.69) is 11.8 Å². The predicted molar refractivity (Wildman–Crippen MR) is 87.1 cm³/mol. The molecule has 0 aliphatic carbocycles. The molecule has 2 atom stereocenters. The molecule has 24 heavy (non-hydrogen) atoms. The van der Waals surface area contributed by atoms with Crippen LogP contribution in [0.1, 0.15) is 25.8 Å². The number of rotatable bonds is 5. The highest BCUT2D eigenvalue weighted by Crippen LogP contribution is 2.21. The van der Waals surface area contributed by atoms with Crippen molar-refractivity contribution < 1.29 is 23.5 Å². The summed E-state index contributed by atoms with van der Waals surface area (Å²) in [7, 11) is -3.82. The van der Waals surface area contributed by atoms with E-state index >= 15 is 0 Å². The zero-order chi connectivity index (χ0) is 18.5. The first kappa shape index (κ1) is 19.9. The molecule has 132 valence electrons. The van der Waals surface area contributed by atoms with Gasteiger partial charge in [0.25, 0.3) is 11.5 Å². The Kier molecular flexibility index (Phi) is 6.31. The summed E-state index contributed by atoms with van der Waals surface area (Å²) < 4.78 is 23.1. The SMILES string of the molecule is CC(O)C#Cc1ccn(CCC(C)(C(=O)NO)S(C)(=O)=O)c(=O)c1. The van der Waals surface area contributed by atoms with Gasteiger partial charge in [-0.3, -0.25) is 14.8 Å². The summed E-state index contributed by atoms with van der Waals surface area (Å²) in [6, 6.07) is 2.79. The summed E-state index contributed by atoms with van der Waals surface area (Å²) >= 11 is 0. The molecular formula is C15H20N2O6S. The van der Waals surface area contributed by atoms with Gasteiger partial charge in [0.1, 0.15) is 6.10 Å². The molecule has 0 aliphatic heterocycles. The fourth-order valence-corrected chi connectivity index (χ4v) is 2.72. The summed E-state index contributed by atoms with van der Waals surface area (Å²) in [6.07, 6.45) is 1.30. The Bertz CT molecular complexity index is 832. The number of aliphatic hydroxyl groups is 1. The first-order valence-electron chi connectivity index (χ1n) is 7.05. The van der Waals surface area contributed by atoms with Gasteiger partial charge in [0.05, 0.1) is 0 Å². The number of carbonyl (C=O) groups is 1. The number of hydrogen-bond acceptors (Lipinski definition) is 6. The Morgan fingerprint density at radius 3 is 2.58 bits per heavy atom. The van der Waals surface area contributed by atoms with Crippen molar-refractivity contribution in [2.75, 3.05) is 6.26 Å². The molecule has 1 heterocycles. The smallest absolute Gasteiger partial charge is 0.264 e. The second-order valence-electron chi connectivity index (χ2n) is 5.59. The van der Waals surface area contributed by atoms with Crippen LogP contribution in [-0.2, 0) is 21.2 Å². The van der Waals surface area contributed by atoms with Gasteiger partial charge in [-0.1, -0.05) is 11.8 Å². The molecule has 3 N–H and O–H groups in total. The molecule has 1 aromatic heterocycles. The molecule has 8 nitrogen and oxygen atoms in total. The van der Waals surface area contributed by atoms with E-state index in [0.717, 1.165) is 6.26 Å². The third-order valence-electron chi connectivity index (χ3n) is 3.65. The van der Waals surface area contributed by atoms with Gasteiger partial charge in [-0.25, -0.2) is 13.9 Å². The van der Waals surface area contributed by atoms with Crippen LogP contribution in [0, 0.1) is 11.8 Å². The molecule has 1 rings (SSSR count). The van der Waals surface area contributed by atoms with E-state index < -0.39 is 32.2 Å². The van der Waals surface area contributed by atoms with E-state index in [1.54, 1.807) is 6.07 Å². The summed E-state index contributed by atoms with van der Waals surface area (Å²) in [5.74, 6) is 4.08. The van der Waals surface area contributed by atoms with Gasteiger partial charge < -0.3 is 9.67 Å². The molecule has 1 amide bonds. The van der Waals surface area contributed by atoms with Gasteiger partial charge in [0.2, 0.25) is 0 Å². The Hall–Kier alpha value is -2.15. The Morgan fingerprint density at radius 1 is 1.50 bits per heavy atom. The molecule has 0 aromatic carbocycles. The number of hydroxylamine groups is 1. The first-order chi connectivity index (χ1) is 11.0. The van der Waals surface area contributed by atoms with E-state index in [0.29, 0.717) is 5.56 Å². The lowest BCUT2D eigenvalue weighted by Gasteiger charge is -2.25. The lowest BCUT2D eigenvalue weighted by atomic mass is 10.1. The van der Waals surface area contributed by atoms with Crippen molar-refractivity contribution in [2.45, 2.75) is 37.7 Å². The third kappa shape index (κ3) is 4.67. The number of aromatic nitrogens is 1. The number of amides is 1. The van der Waals surface area contributed by atoms with E-state index in [9.17, 15) is 18.0 Å². The number of pyridine rings is 1. The largest absolute Gasteiger partial charge is 0.381 e. The van der Waals surface area contributed by atoms with Crippen LogP contribution in [0.5, 0.6) is 0 Å². The van der Waals surface area contributed by atoms with Gasteiger partial charge in [0.15, 0.2) is 14.6 Å². The van der Waals surface area contributed by atoms with Gasteiger partial charge in [-0.05, 0) is 26.3 Å². The molecule has 1 aromatic rings. The second kappa shape index (κ2) is 7.61. The predicted octanol–water partition coefficient (Wildman–Crippen LogP) is -0.721. The van der Waals surface area contributed by atoms with Crippen LogP contribution in [0.25, 0.3) is 0 Å². The number of carbonyl (C=O) groups excluding carboxylic acids is 1. The lowest BCUT2D eigenvalue weighted by Crippen LogP contribution is -2.49. The van der Waals surface area contributed by atoms with Crippen LogP contribution in [0.3, 0.4) is 0 Å². The van der Waals surface area contributed by atoms with Crippen molar-refractivity contribution in [3.63, 3.8) is 0 Å². The fraction of sp³-hybridized carbons (Fsp3) is 0.467. The van der Waals surface area contributed by atoms with Gasteiger partial charge in [-0.15, -0.1) is 0 Å². The number of aliphatic hydroxyl groups excluding tert-OH is 1. The second-order valence-corrected chi connectivity index (χ2v) is 8.03. The normalized spacial score (nSPS) is 14.9. The molecule has 0 aliphatic rings. The van der Waals surface area contributed by atoms with Crippen molar-refractivity contribution in [3.05, 3.63) is 34.2 Å². The minimum absolute atomic E-state index is 0.0417. The zero-order valence-corrected chi connectivity index (χ0v) is 14.4. The van der Waals surface area contributed by atoms with Crippen molar-refractivity contribution in [2.24, 2.45) is 0 Å². The summed E-state index contributed by atoms with van der Waals surface area (Å²) in [6.45, 7) is 2.63. The lowest BCUT2D eigenvalue weighted by molar-refractivity contribution is -0.131. The van der Waals surface area contributed by atoms with Crippen molar-refractivity contribution in [1.29, 1.82) is 0 Å². The van der Waals surface area contributed by atoms with Crippen molar-refractivity contribution >= 4 is 15.7 Å². The quantitative estimate of drug-likeness (QED) is 0.363. The summed E-state index contributed by atoms with van der Waals surface area (Å²) in [4.78, 5) is 23.7. The Balaban J connectivity index is 3.04. The van der Waals surface area contributed by atoms with Gasteiger partial charge in [0, 0.05) is 30.6 Å². The highest BCUT2D eigenvalue weighted by Gasteiger charge is 2.43. The van der Waals surface area contributed by atoms with E-state index in [1.807, 2.05) is 0 Å². The topological polar surface area (TPSA) is 126 Å². The van der Waals surface area contributed by atoms with E-state index in [4.69, 9.17) is 10.3 Å². The molecule has 0 radical (unpaired) electrons. The van der Waals surface area contributed by atoms with Crippen molar-refractivity contribution in [1.82, 2.24) is 10.0 Å². The third-order valence-corrected chi connectivity index (χ3v) is 5.68. The van der Waals surface area contributed by atoms with Crippen LogP contribution < -0.4 is 11.0 Å². The Morgan fingerprint density at radius 2 is 2.12 bits per heavy atom. The van der Waals surface area contributed by atoms with E-state index in [1.165, 1.54) is 36.2 Å². The minimum Gasteiger partial charge on any atom is -0.381 e. The van der Waals surface area contributed by atoms with Crippen LogP contribution in [0.2, 0.25) is 0 Å². The molecule has 0 spiro atoms. The molecule has 0 fully saturated rings. The highest BCUT2D eigenvalue weighted by atomic mass is 32.2. The van der Waals surface area contributed by atoms with Crippen molar-refractivity contribution in [3.8, 4) is 11.8 Å². The zero-order valence-electron chi connectivity index (χ0n) is 13.6. The van der Waals surface area contributed by atoms with Gasteiger partial charge >= 0.3 is 0 Å². The highest BCUT2D eigenvalue weighted by molar-refractivity contribution is 7.92. The molecule has 0 saturated carbocycles. The maximum absolute atomic E-state index is 12.0. The van der Waals surface area contributed by atoms with Crippen LogP contribution in [-0.4, -0.2) is 46.3 Å². The number of nitrogens with one attached hydrogen (secondary N) is 1. The number of nitrogens with zero attached hydrogens (tertiary/aromatic N) is 1. The average molecular weight is 356 g/mol. The first-order valence-corrected chi connectivity index (χ1v) is 8.94. The monoisotopic (exact) mass is 356 g/mol. The average Bonchev–Trinajstić information content (AvgIpc) is 2.49. The van der Waals surface area contributed by atoms with Crippen LogP contribution in [0.15, 0.2) is 23.1 Å². The Labute approximate surface area is 140 Å². The van der Waals surface area contributed by atoms with Gasteiger partial charge in [-0.2, -0.15) is 0 Å². The molecular weight excluding hydrogens is 336 g/mol. The maximum atomic E-state index is 12.0. The summed E-state index contributed by atoms with van der Waals surface area (Å²) in [5.41, 5.74) is 1.34.